The van der Waals surface area contributed by atoms with Crippen LogP contribution in [0.3, 0.4) is 0 Å². The van der Waals surface area contributed by atoms with Crippen LogP contribution in [0, 0.1) is 0 Å². The van der Waals surface area contributed by atoms with Crippen molar-refractivity contribution in [2.45, 2.75) is 26.1 Å². The third-order valence-corrected chi connectivity index (χ3v) is 6.28. The molecule has 2 aromatic carbocycles. The molecule has 0 aliphatic rings. The monoisotopic (exact) mass is 481 g/mol. The van der Waals surface area contributed by atoms with Crippen LogP contribution in [0.15, 0.2) is 54.6 Å². The molecule has 0 saturated carbocycles. The molecule has 0 fully saturated rings. The maximum Gasteiger partial charge on any atom is 0.242 e. The van der Waals surface area contributed by atoms with Gasteiger partial charge in [0.15, 0.2) is 0 Å². The van der Waals surface area contributed by atoms with Crippen LogP contribution in [-0.4, -0.2) is 66.5 Å². The van der Waals surface area contributed by atoms with Crippen molar-refractivity contribution in [1.29, 1.82) is 0 Å². The second-order valence-electron chi connectivity index (χ2n) is 7.36. The van der Waals surface area contributed by atoms with E-state index in [0.717, 1.165) is 21.7 Å². The minimum absolute atomic E-state index is 0.0330. The normalized spacial score (nSPS) is 12.4. The molecule has 0 aromatic heterocycles. The third-order valence-electron chi connectivity index (χ3n) is 4.83. The maximum absolute atomic E-state index is 13.2. The van der Waals surface area contributed by atoms with E-state index in [-0.39, 0.29) is 26.2 Å². The second kappa shape index (κ2) is 12.0. The number of sulfonamides is 1. The Morgan fingerprint density at radius 1 is 1.03 bits per heavy atom. The fourth-order valence-corrected chi connectivity index (χ4v) is 3.87. The van der Waals surface area contributed by atoms with Crippen molar-refractivity contribution in [2.75, 3.05) is 26.0 Å². The van der Waals surface area contributed by atoms with Crippen molar-refractivity contribution in [1.82, 2.24) is 14.5 Å². The zero-order valence-corrected chi connectivity index (χ0v) is 19.6. The molecule has 2 aromatic rings. The van der Waals surface area contributed by atoms with E-state index in [2.05, 4.69) is 5.32 Å². The predicted octanol–water partition coefficient (Wildman–Crippen LogP) is 1.63. The number of aliphatic hydroxyl groups excluding tert-OH is 1. The van der Waals surface area contributed by atoms with E-state index in [4.69, 9.17) is 16.7 Å². The first-order valence-corrected chi connectivity index (χ1v) is 12.3. The van der Waals surface area contributed by atoms with Crippen molar-refractivity contribution in [3.05, 3.63) is 70.7 Å². The molecule has 0 bridgehead atoms. The van der Waals surface area contributed by atoms with Crippen LogP contribution in [0.1, 0.15) is 18.1 Å². The Bertz CT molecular complexity index is 1000. The fourth-order valence-electron chi connectivity index (χ4n) is 3.02. The van der Waals surface area contributed by atoms with Crippen LogP contribution in [0.25, 0.3) is 0 Å². The Morgan fingerprint density at radius 2 is 1.62 bits per heavy atom. The highest BCUT2D eigenvalue weighted by atomic mass is 35.5. The molecule has 1 atom stereocenters. The molecule has 0 radical (unpaired) electrons. The van der Waals surface area contributed by atoms with E-state index in [0.29, 0.717) is 5.02 Å². The molecule has 0 saturated heterocycles. The van der Waals surface area contributed by atoms with Gasteiger partial charge in [-0.05, 0) is 30.2 Å². The van der Waals surface area contributed by atoms with E-state index < -0.39 is 34.4 Å². The van der Waals surface area contributed by atoms with Crippen LogP contribution < -0.4 is 5.32 Å². The number of hydrogen-bond acceptors (Lipinski definition) is 5. The van der Waals surface area contributed by atoms with Crippen LogP contribution in [0.4, 0.5) is 0 Å². The molecule has 2 N–H and O–H groups in total. The van der Waals surface area contributed by atoms with Crippen LogP contribution >= 0.6 is 11.6 Å². The van der Waals surface area contributed by atoms with Gasteiger partial charge in [-0.15, -0.1) is 0 Å². The van der Waals surface area contributed by atoms with Gasteiger partial charge in [0.25, 0.3) is 0 Å². The summed E-state index contributed by atoms with van der Waals surface area (Å²) in [6.07, 6.45) is 1.05. The quantitative estimate of drug-likeness (QED) is 0.507. The largest absolute Gasteiger partial charge is 0.395 e. The Labute approximate surface area is 193 Å². The van der Waals surface area contributed by atoms with E-state index >= 15 is 0 Å². The van der Waals surface area contributed by atoms with Gasteiger partial charge in [0, 0.05) is 24.7 Å². The van der Waals surface area contributed by atoms with Crippen molar-refractivity contribution in [2.24, 2.45) is 0 Å². The number of carbonyl (C=O) groups excluding carboxylic acids is 2. The highest BCUT2D eigenvalue weighted by Crippen LogP contribution is 2.15. The van der Waals surface area contributed by atoms with Gasteiger partial charge in [-0.2, -0.15) is 4.31 Å². The van der Waals surface area contributed by atoms with Gasteiger partial charge in [0.05, 0.1) is 19.4 Å². The summed E-state index contributed by atoms with van der Waals surface area (Å²) >= 11 is 5.94. The topological polar surface area (TPSA) is 107 Å². The second-order valence-corrected chi connectivity index (χ2v) is 9.77. The zero-order chi connectivity index (χ0) is 23.7. The predicted molar refractivity (Wildman–Crippen MR) is 123 cm³/mol. The summed E-state index contributed by atoms with van der Waals surface area (Å²) in [5.41, 5.74) is 1.47. The summed E-state index contributed by atoms with van der Waals surface area (Å²) in [5, 5.41) is 12.1. The Morgan fingerprint density at radius 3 is 2.19 bits per heavy atom. The van der Waals surface area contributed by atoms with E-state index in [9.17, 15) is 18.0 Å². The Hall–Kier alpha value is -2.46. The molecule has 10 heteroatoms. The number of halogens is 1. The lowest BCUT2D eigenvalue weighted by molar-refractivity contribution is -0.140. The first-order valence-electron chi connectivity index (χ1n) is 10.0. The van der Waals surface area contributed by atoms with Crippen LogP contribution in [0.2, 0.25) is 5.02 Å². The van der Waals surface area contributed by atoms with Crippen LogP contribution in [0.5, 0.6) is 0 Å². The molecule has 0 unspecified atom stereocenters. The maximum atomic E-state index is 13.2. The summed E-state index contributed by atoms with van der Waals surface area (Å²) < 4.78 is 25.8. The lowest BCUT2D eigenvalue weighted by Crippen LogP contribution is -2.51. The van der Waals surface area contributed by atoms with Crippen molar-refractivity contribution in [3.63, 3.8) is 0 Å². The molecule has 8 nitrogen and oxygen atoms in total. The molecule has 0 heterocycles. The minimum atomic E-state index is -3.70. The van der Waals surface area contributed by atoms with Crippen LogP contribution in [-0.2, 0) is 32.7 Å². The highest BCUT2D eigenvalue weighted by Gasteiger charge is 2.29. The third kappa shape index (κ3) is 7.90. The van der Waals surface area contributed by atoms with Crippen molar-refractivity contribution < 1.29 is 23.1 Å². The van der Waals surface area contributed by atoms with Crippen molar-refractivity contribution >= 4 is 33.4 Å². The molecule has 0 aliphatic carbocycles. The number of carbonyl (C=O) groups is 2. The molecule has 0 aliphatic heterocycles. The van der Waals surface area contributed by atoms with Gasteiger partial charge in [0.2, 0.25) is 21.8 Å². The number of nitrogens with one attached hydrogen (secondary N) is 1. The number of amides is 2. The van der Waals surface area contributed by atoms with E-state index in [1.54, 1.807) is 55.5 Å². The Kier molecular flexibility index (Phi) is 9.64. The average Bonchev–Trinajstić information content (AvgIpc) is 2.76. The molecule has 174 valence electrons. The summed E-state index contributed by atoms with van der Waals surface area (Å²) in [6, 6.07) is 14.9. The lowest BCUT2D eigenvalue weighted by Gasteiger charge is -2.31. The number of nitrogens with zero attached hydrogens (tertiary/aromatic N) is 2. The number of rotatable bonds is 11. The van der Waals surface area contributed by atoms with E-state index in [1.165, 1.54) is 4.90 Å². The smallest absolute Gasteiger partial charge is 0.242 e. The first kappa shape index (κ1) is 25.8. The zero-order valence-electron chi connectivity index (χ0n) is 18.1. The SMILES string of the molecule is C[C@H](C(=O)NCCO)N(Cc1ccc(Cl)cc1)C(=O)CN(Cc1ccccc1)S(C)(=O)=O. The van der Waals surface area contributed by atoms with Gasteiger partial charge in [0.1, 0.15) is 6.04 Å². The number of hydrogen-bond donors (Lipinski definition) is 2. The first-order chi connectivity index (χ1) is 15.1. The molecular weight excluding hydrogens is 454 g/mol. The van der Waals surface area contributed by atoms with Gasteiger partial charge in [-0.1, -0.05) is 54.1 Å². The molecular formula is C22H28ClN3O5S. The van der Waals surface area contributed by atoms with Gasteiger partial charge >= 0.3 is 0 Å². The van der Waals surface area contributed by atoms with Gasteiger partial charge < -0.3 is 15.3 Å². The molecule has 32 heavy (non-hydrogen) atoms. The van der Waals surface area contributed by atoms with E-state index in [1.807, 2.05) is 6.07 Å². The van der Waals surface area contributed by atoms with Gasteiger partial charge in [-0.3, -0.25) is 9.59 Å². The lowest BCUT2D eigenvalue weighted by atomic mass is 10.1. The standard InChI is InChI=1S/C22H28ClN3O5S/c1-17(22(29)24-12-13-27)26(15-19-8-10-20(23)11-9-19)21(28)16-25(32(2,30)31)14-18-6-4-3-5-7-18/h3-11,17,27H,12-16H2,1-2H3,(H,24,29)/t17-/m1/s1. The highest BCUT2D eigenvalue weighted by molar-refractivity contribution is 7.88. The number of aliphatic hydroxyl groups is 1. The molecule has 2 amide bonds. The Balaban J connectivity index is 2.27. The summed E-state index contributed by atoms with van der Waals surface area (Å²) in [6.45, 7) is 1.08. The van der Waals surface area contributed by atoms with Gasteiger partial charge in [-0.25, -0.2) is 8.42 Å². The summed E-state index contributed by atoms with van der Waals surface area (Å²) in [4.78, 5) is 27.1. The fraction of sp³-hybridized carbons (Fsp3) is 0.364. The molecule has 0 spiro atoms. The van der Waals surface area contributed by atoms with Crippen molar-refractivity contribution in [3.8, 4) is 0 Å². The average molecular weight is 482 g/mol. The molecule has 2 rings (SSSR count). The summed E-state index contributed by atoms with van der Waals surface area (Å²) in [5.74, 6) is -0.969. The number of benzene rings is 2. The summed E-state index contributed by atoms with van der Waals surface area (Å²) in [7, 11) is -3.70. The minimum Gasteiger partial charge on any atom is -0.395 e.